The third-order valence-electron chi connectivity index (χ3n) is 3.96. The van der Waals surface area contributed by atoms with Crippen molar-refractivity contribution in [3.8, 4) is 5.75 Å². The molecular weight excluding hydrogens is 306 g/mol. The highest BCUT2D eigenvalue weighted by atomic mass is 35.5. The Balaban J connectivity index is 2.17. The highest BCUT2D eigenvalue weighted by Gasteiger charge is 2.36. The lowest BCUT2D eigenvalue weighted by Gasteiger charge is -2.45. The summed E-state index contributed by atoms with van der Waals surface area (Å²) >= 11 is 6.08. The molecule has 5 nitrogen and oxygen atoms in total. The molecular formula is C16H22ClNO4. The molecule has 1 aliphatic rings. The molecule has 22 heavy (non-hydrogen) atoms. The van der Waals surface area contributed by atoms with Gasteiger partial charge in [0.15, 0.2) is 0 Å². The third-order valence-corrected chi connectivity index (χ3v) is 4.19. The van der Waals surface area contributed by atoms with E-state index in [1.54, 1.807) is 13.2 Å². The summed E-state index contributed by atoms with van der Waals surface area (Å²) in [5.41, 5.74) is 0.807. The Morgan fingerprint density at radius 1 is 1.55 bits per heavy atom. The molecule has 6 heteroatoms. The van der Waals surface area contributed by atoms with E-state index in [1.165, 1.54) is 0 Å². The molecule has 0 aromatic heterocycles. The first-order valence-corrected chi connectivity index (χ1v) is 7.60. The Bertz CT molecular complexity index is 547. The number of aliphatic carboxylic acids is 1. The van der Waals surface area contributed by atoms with Gasteiger partial charge in [-0.05, 0) is 32.0 Å². The maximum absolute atomic E-state index is 10.9. The van der Waals surface area contributed by atoms with E-state index in [4.69, 9.17) is 26.2 Å². The average molecular weight is 328 g/mol. The molecule has 1 aromatic carbocycles. The minimum absolute atomic E-state index is 0.0132. The van der Waals surface area contributed by atoms with Crippen LogP contribution in [0.15, 0.2) is 18.2 Å². The standard InChI is InChI=1S/C16H22ClNO4/c1-16(2)10-22-13(7-15(19)20)9-18(16)8-11-6-12(17)4-5-14(11)21-3/h4-6,13H,7-10H2,1-3H3,(H,19,20). The number of carboxylic acid groups (broad SMARTS) is 1. The number of morpholine rings is 1. The topological polar surface area (TPSA) is 59.0 Å². The van der Waals surface area contributed by atoms with Crippen molar-refractivity contribution in [3.63, 3.8) is 0 Å². The summed E-state index contributed by atoms with van der Waals surface area (Å²) in [6.45, 7) is 5.86. The molecule has 1 unspecified atom stereocenters. The first kappa shape index (κ1) is 17.1. The molecule has 0 amide bonds. The number of benzene rings is 1. The quantitative estimate of drug-likeness (QED) is 0.901. The number of methoxy groups -OCH3 is 1. The summed E-state index contributed by atoms with van der Waals surface area (Å²) in [7, 11) is 1.63. The fourth-order valence-corrected chi connectivity index (χ4v) is 2.83. The number of hydrogen-bond acceptors (Lipinski definition) is 4. The van der Waals surface area contributed by atoms with Gasteiger partial charge in [0.1, 0.15) is 5.75 Å². The van der Waals surface area contributed by atoms with Gasteiger partial charge in [0.2, 0.25) is 0 Å². The Morgan fingerprint density at radius 3 is 2.91 bits per heavy atom. The summed E-state index contributed by atoms with van der Waals surface area (Å²) in [6, 6.07) is 5.53. The number of hydrogen-bond donors (Lipinski definition) is 1. The molecule has 1 heterocycles. The maximum atomic E-state index is 10.9. The van der Waals surface area contributed by atoms with Gasteiger partial charge in [0, 0.05) is 29.2 Å². The van der Waals surface area contributed by atoms with Crippen molar-refractivity contribution in [2.45, 2.75) is 38.5 Å². The van der Waals surface area contributed by atoms with Gasteiger partial charge in [-0.15, -0.1) is 0 Å². The van der Waals surface area contributed by atoms with Crippen LogP contribution in [0.25, 0.3) is 0 Å². The average Bonchev–Trinajstić information content (AvgIpc) is 2.42. The first-order chi connectivity index (χ1) is 10.3. The predicted molar refractivity (Wildman–Crippen MR) is 84.5 cm³/mol. The van der Waals surface area contributed by atoms with Crippen molar-refractivity contribution in [3.05, 3.63) is 28.8 Å². The van der Waals surface area contributed by atoms with Gasteiger partial charge >= 0.3 is 5.97 Å². The van der Waals surface area contributed by atoms with E-state index in [-0.39, 0.29) is 18.1 Å². The minimum atomic E-state index is -0.843. The molecule has 1 atom stereocenters. The van der Waals surface area contributed by atoms with E-state index in [9.17, 15) is 4.79 Å². The van der Waals surface area contributed by atoms with Gasteiger partial charge in [0.25, 0.3) is 0 Å². The lowest BCUT2D eigenvalue weighted by atomic mass is 9.98. The molecule has 1 aromatic rings. The van der Waals surface area contributed by atoms with Crippen LogP contribution in [0.2, 0.25) is 5.02 Å². The lowest BCUT2D eigenvalue weighted by molar-refractivity contribution is -0.147. The smallest absolute Gasteiger partial charge is 0.306 e. The second kappa shape index (κ2) is 6.86. The van der Waals surface area contributed by atoms with Crippen molar-refractivity contribution < 1.29 is 19.4 Å². The molecule has 0 spiro atoms. The fraction of sp³-hybridized carbons (Fsp3) is 0.562. The monoisotopic (exact) mass is 327 g/mol. The molecule has 1 saturated heterocycles. The first-order valence-electron chi connectivity index (χ1n) is 7.22. The van der Waals surface area contributed by atoms with Crippen LogP contribution in [-0.4, -0.2) is 47.9 Å². The maximum Gasteiger partial charge on any atom is 0.306 e. The SMILES string of the molecule is COc1ccc(Cl)cc1CN1CC(CC(=O)O)OCC1(C)C. The Labute approximate surface area is 135 Å². The van der Waals surface area contributed by atoms with Crippen molar-refractivity contribution in [1.82, 2.24) is 4.90 Å². The normalized spacial score (nSPS) is 21.5. The lowest BCUT2D eigenvalue weighted by Crippen LogP contribution is -2.55. The van der Waals surface area contributed by atoms with E-state index in [1.807, 2.05) is 12.1 Å². The summed E-state index contributed by atoms with van der Waals surface area (Å²) in [6.07, 6.45) is -0.282. The molecule has 122 valence electrons. The minimum Gasteiger partial charge on any atom is -0.496 e. The second-order valence-corrected chi connectivity index (χ2v) is 6.62. The zero-order chi connectivity index (χ0) is 16.3. The van der Waals surface area contributed by atoms with E-state index >= 15 is 0 Å². The molecule has 0 radical (unpaired) electrons. The van der Waals surface area contributed by atoms with Crippen LogP contribution < -0.4 is 4.74 Å². The van der Waals surface area contributed by atoms with Gasteiger partial charge in [-0.1, -0.05) is 11.6 Å². The van der Waals surface area contributed by atoms with Crippen molar-refractivity contribution in [2.24, 2.45) is 0 Å². The third kappa shape index (κ3) is 4.12. The van der Waals surface area contributed by atoms with Crippen LogP contribution in [0, 0.1) is 0 Å². The number of nitrogens with zero attached hydrogens (tertiary/aromatic N) is 1. The van der Waals surface area contributed by atoms with Crippen LogP contribution in [-0.2, 0) is 16.1 Å². The predicted octanol–water partition coefficient (Wildman–Crippen LogP) is 2.80. The Kier molecular flexibility index (Phi) is 5.32. The van der Waals surface area contributed by atoms with Crippen LogP contribution in [0.1, 0.15) is 25.8 Å². The molecule has 1 fully saturated rings. The van der Waals surface area contributed by atoms with E-state index < -0.39 is 5.97 Å². The van der Waals surface area contributed by atoms with Crippen molar-refractivity contribution >= 4 is 17.6 Å². The summed E-state index contributed by atoms with van der Waals surface area (Å²) in [4.78, 5) is 13.1. The Hall–Kier alpha value is -1.30. The number of halogens is 1. The molecule has 1 aliphatic heterocycles. The summed E-state index contributed by atoms with van der Waals surface area (Å²) in [5, 5.41) is 9.61. The van der Waals surface area contributed by atoms with Crippen molar-refractivity contribution in [2.75, 3.05) is 20.3 Å². The van der Waals surface area contributed by atoms with Crippen LogP contribution >= 0.6 is 11.6 Å². The molecule has 1 N–H and O–H groups in total. The number of carboxylic acids is 1. The largest absolute Gasteiger partial charge is 0.496 e. The molecule has 0 aliphatic carbocycles. The van der Waals surface area contributed by atoms with E-state index in [2.05, 4.69) is 18.7 Å². The molecule has 2 rings (SSSR count). The summed E-state index contributed by atoms with van der Waals surface area (Å²) < 4.78 is 11.1. The van der Waals surface area contributed by atoms with E-state index in [0.717, 1.165) is 11.3 Å². The van der Waals surface area contributed by atoms with Crippen LogP contribution in [0.5, 0.6) is 5.75 Å². The zero-order valence-corrected chi connectivity index (χ0v) is 13.9. The van der Waals surface area contributed by atoms with Crippen LogP contribution in [0.3, 0.4) is 0 Å². The molecule has 0 saturated carbocycles. The van der Waals surface area contributed by atoms with E-state index in [0.29, 0.717) is 24.7 Å². The zero-order valence-electron chi connectivity index (χ0n) is 13.1. The summed E-state index contributed by atoms with van der Waals surface area (Å²) in [5.74, 6) is -0.0635. The highest BCUT2D eigenvalue weighted by Crippen LogP contribution is 2.30. The number of rotatable bonds is 5. The van der Waals surface area contributed by atoms with Crippen LogP contribution in [0.4, 0.5) is 0 Å². The van der Waals surface area contributed by atoms with Gasteiger partial charge in [0.05, 0.1) is 26.2 Å². The van der Waals surface area contributed by atoms with Gasteiger partial charge in [-0.2, -0.15) is 0 Å². The molecule has 0 bridgehead atoms. The van der Waals surface area contributed by atoms with Gasteiger partial charge in [-0.25, -0.2) is 0 Å². The van der Waals surface area contributed by atoms with Gasteiger partial charge in [-0.3, -0.25) is 9.69 Å². The number of carbonyl (C=O) groups is 1. The second-order valence-electron chi connectivity index (χ2n) is 6.18. The highest BCUT2D eigenvalue weighted by molar-refractivity contribution is 6.30. The Morgan fingerprint density at radius 2 is 2.27 bits per heavy atom. The number of ether oxygens (including phenoxy) is 2. The fourth-order valence-electron chi connectivity index (χ4n) is 2.63. The van der Waals surface area contributed by atoms with Gasteiger partial charge < -0.3 is 14.6 Å². The van der Waals surface area contributed by atoms with Crippen molar-refractivity contribution in [1.29, 1.82) is 0 Å².